The van der Waals surface area contributed by atoms with Gasteiger partial charge < -0.3 is 15.7 Å². The number of rotatable bonds is 2. The normalized spacial score (nSPS) is 21.1. The zero-order valence-electron chi connectivity index (χ0n) is 9.82. The fraction of sp³-hybridized carbons (Fsp3) is 0.538. The summed E-state index contributed by atoms with van der Waals surface area (Å²) in [7, 11) is 0. The van der Waals surface area contributed by atoms with Crippen molar-refractivity contribution in [3.05, 3.63) is 23.8 Å². The van der Waals surface area contributed by atoms with Gasteiger partial charge in [0.1, 0.15) is 0 Å². The molecule has 1 atom stereocenters. The molecule has 0 amide bonds. The molecular weight excluding hydrogens is 200 g/mol. The number of hydrogen-bond donors (Lipinski definition) is 2. The second kappa shape index (κ2) is 4.74. The largest absolute Gasteiger partial charge is 0.399 e. The molecule has 1 aromatic rings. The van der Waals surface area contributed by atoms with E-state index in [1.807, 2.05) is 12.1 Å². The predicted octanol–water partition coefficient (Wildman–Crippen LogP) is 1.79. The first-order valence-corrected chi connectivity index (χ1v) is 5.92. The van der Waals surface area contributed by atoms with Gasteiger partial charge in [-0.15, -0.1) is 0 Å². The fourth-order valence-electron chi connectivity index (χ4n) is 2.40. The number of piperidine rings is 1. The van der Waals surface area contributed by atoms with Crippen LogP contribution in [0, 0.1) is 12.8 Å². The number of aliphatic hydroxyl groups is 1. The van der Waals surface area contributed by atoms with E-state index in [0.717, 1.165) is 31.6 Å². The average Bonchev–Trinajstić information content (AvgIpc) is 2.32. The number of nitrogens with zero attached hydrogens (tertiary/aromatic N) is 1. The molecule has 0 aromatic heterocycles. The molecule has 0 radical (unpaired) electrons. The van der Waals surface area contributed by atoms with Crippen LogP contribution in [-0.2, 0) is 0 Å². The lowest BCUT2D eigenvalue weighted by Gasteiger charge is -2.34. The summed E-state index contributed by atoms with van der Waals surface area (Å²) < 4.78 is 0. The summed E-state index contributed by atoms with van der Waals surface area (Å²) in [5.74, 6) is 0.412. The molecule has 0 bridgehead atoms. The van der Waals surface area contributed by atoms with Gasteiger partial charge in [-0.25, -0.2) is 0 Å². The van der Waals surface area contributed by atoms with E-state index in [4.69, 9.17) is 5.73 Å². The summed E-state index contributed by atoms with van der Waals surface area (Å²) in [4.78, 5) is 2.34. The smallest absolute Gasteiger partial charge is 0.0476 e. The Morgan fingerprint density at radius 3 is 3.06 bits per heavy atom. The first-order valence-electron chi connectivity index (χ1n) is 5.92. The minimum atomic E-state index is 0.290. The van der Waals surface area contributed by atoms with E-state index in [1.165, 1.54) is 11.3 Å². The standard InChI is InChI=1S/C13H20N2O/c1-10-4-5-12(14)7-13(10)15-6-2-3-11(8-15)9-16/h4-5,7,11,16H,2-3,6,8-9,14H2,1H3. The van der Waals surface area contributed by atoms with Crippen LogP contribution >= 0.6 is 0 Å². The van der Waals surface area contributed by atoms with Gasteiger partial charge in [0.25, 0.3) is 0 Å². The number of anilines is 2. The monoisotopic (exact) mass is 220 g/mol. The highest BCUT2D eigenvalue weighted by Gasteiger charge is 2.20. The van der Waals surface area contributed by atoms with Crippen molar-refractivity contribution in [2.45, 2.75) is 19.8 Å². The summed E-state index contributed by atoms with van der Waals surface area (Å²) in [5, 5.41) is 9.23. The van der Waals surface area contributed by atoms with Crippen molar-refractivity contribution in [1.29, 1.82) is 0 Å². The van der Waals surface area contributed by atoms with E-state index >= 15 is 0 Å². The van der Waals surface area contributed by atoms with Crippen molar-refractivity contribution < 1.29 is 5.11 Å². The highest BCUT2D eigenvalue weighted by molar-refractivity contribution is 5.61. The summed E-state index contributed by atoms with van der Waals surface area (Å²) in [5.41, 5.74) is 9.11. The Labute approximate surface area is 96.9 Å². The van der Waals surface area contributed by atoms with Crippen LogP contribution in [0.25, 0.3) is 0 Å². The second-order valence-electron chi connectivity index (χ2n) is 4.68. The summed E-state index contributed by atoms with van der Waals surface area (Å²) in [6, 6.07) is 6.04. The van der Waals surface area contributed by atoms with E-state index in [0.29, 0.717) is 5.92 Å². The summed E-state index contributed by atoms with van der Waals surface area (Å²) in [6.07, 6.45) is 2.29. The van der Waals surface area contributed by atoms with Crippen molar-refractivity contribution in [3.8, 4) is 0 Å². The Bertz CT molecular complexity index is 365. The maximum atomic E-state index is 9.23. The maximum absolute atomic E-state index is 9.23. The Balaban J connectivity index is 2.19. The van der Waals surface area contributed by atoms with Crippen LogP contribution in [0.3, 0.4) is 0 Å². The van der Waals surface area contributed by atoms with E-state index < -0.39 is 0 Å². The number of nitrogen functional groups attached to an aromatic ring is 1. The van der Waals surface area contributed by atoms with Gasteiger partial charge in [-0.1, -0.05) is 6.07 Å². The van der Waals surface area contributed by atoms with Crippen LogP contribution in [0.1, 0.15) is 18.4 Å². The Morgan fingerprint density at radius 2 is 2.31 bits per heavy atom. The number of hydrogen-bond acceptors (Lipinski definition) is 3. The van der Waals surface area contributed by atoms with E-state index in [1.54, 1.807) is 0 Å². The molecule has 1 heterocycles. The molecule has 3 N–H and O–H groups in total. The van der Waals surface area contributed by atoms with Gasteiger partial charge in [0, 0.05) is 31.1 Å². The zero-order chi connectivity index (χ0) is 11.5. The van der Waals surface area contributed by atoms with Crippen LogP contribution in [0.15, 0.2) is 18.2 Å². The van der Waals surface area contributed by atoms with Crippen LogP contribution < -0.4 is 10.6 Å². The predicted molar refractivity (Wildman–Crippen MR) is 67.6 cm³/mol. The van der Waals surface area contributed by atoms with Gasteiger partial charge in [0.15, 0.2) is 0 Å². The molecule has 1 fully saturated rings. The number of aliphatic hydroxyl groups excluding tert-OH is 1. The molecule has 1 aliphatic heterocycles. The average molecular weight is 220 g/mol. The minimum Gasteiger partial charge on any atom is -0.399 e. The summed E-state index contributed by atoms with van der Waals surface area (Å²) >= 11 is 0. The third-order valence-electron chi connectivity index (χ3n) is 3.35. The molecule has 0 aliphatic carbocycles. The maximum Gasteiger partial charge on any atom is 0.0476 e. The molecule has 88 valence electrons. The number of nitrogens with two attached hydrogens (primary N) is 1. The van der Waals surface area contributed by atoms with E-state index in [2.05, 4.69) is 17.9 Å². The lowest BCUT2D eigenvalue weighted by molar-refractivity contribution is 0.208. The Hall–Kier alpha value is -1.22. The number of aryl methyl sites for hydroxylation is 1. The molecular formula is C13H20N2O. The van der Waals surface area contributed by atoms with Crippen LogP contribution in [0.4, 0.5) is 11.4 Å². The Morgan fingerprint density at radius 1 is 1.50 bits per heavy atom. The molecule has 0 spiro atoms. The highest BCUT2D eigenvalue weighted by atomic mass is 16.3. The first-order chi connectivity index (χ1) is 7.70. The lowest BCUT2D eigenvalue weighted by Crippen LogP contribution is -2.37. The topological polar surface area (TPSA) is 49.5 Å². The first kappa shape index (κ1) is 11.3. The quantitative estimate of drug-likeness (QED) is 0.747. The van der Waals surface area contributed by atoms with Gasteiger partial charge in [0.05, 0.1) is 0 Å². The molecule has 1 aromatic carbocycles. The highest BCUT2D eigenvalue weighted by Crippen LogP contribution is 2.27. The second-order valence-corrected chi connectivity index (χ2v) is 4.68. The minimum absolute atomic E-state index is 0.290. The molecule has 16 heavy (non-hydrogen) atoms. The fourth-order valence-corrected chi connectivity index (χ4v) is 2.40. The van der Waals surface area contributed by atoms with Gasteiger partial charge in [0.2, 0.25) is 0 Å². The molecule has 0 saturated carbocycles. The Kier molecular flexibility index (Phi) is 3.34. The third kappa shape index (κ3) is 2.30. The third-order valence-corrected chi connectivity index (χ3v) is 3.35. The van der Waals surface area contributed by atoms with Gasteiger partial charge >= 0.3 is 0 Å². The van der Waals surface area contributed by atoms with E-state index in [9.17, 15) is 5.11 Å². The molecule has 2 rings (SSSR count). The molecule has 3 nitrogen and oxygen atoms in total. The lowest BCUT2D eigenvalue weighted by atomic mass is 9.98. The van der Waals surface area contributed by atoms with Crippen LogP contribution in [0.2, 0.25) is 0 Å². The van der Waals surface area contributed by atoms with Gasteiger partial charge in [-0.05, 0) is 43.4 Å². The van der Waals surface area contributed by atoms with Crippen molar-refractivity contribution in [2.24, 2.45) is 5.92 Å². The van der Waals surface area contributed by atoms with Gasteiger partial charge in [-0.2, -0.15) is 0 Å². The van der Waals surface area contributed by atoms with Crippen LogP contribution in [-0.4, -0.2) is 24.8 Å². The van der Waals surface area contributed by atoms with Gasteiger partial charge in [-0.3, -0.25) is 0 Å². The SMILES string of the molecule is Cc1ccc(N)cc1N1CCCC(CO)C1. The van der Waals surface area contributed by atoms with Crippen molar-refractivity contribution in [3.63, 3.8) is 0 Å². The van der Waals surface area contributed by atoms with E-state index in [-0.39, 0.29) is 6.61 Å². The number of benzene rings is 1. The summed E-state index contributed by atoms with van der Waals surface area (Å²) in [6.45, 7) is 4.41. The van der Waals surface area contributed by atoms with Crippen LogP contribution in [0.5, 0.6) is 0 Å². The van der Waals surface area contributed by atoms with Crippen molar-refractivity contribution in [1.82, 2.24) is 0 Å². The van der Waals surface area contributed by atoms with Crippen molar-refractivity contribution >= 4 is 11.4 Å². The molecule has 1 aliphatic rings. The zero-order valence-corrected chi connectivity index (χ0v) is 9.82. The molecule has 1 saturated heterocycles. The van der Waals surface area contributed by atoms with Crippen molar-refractivity contribution in [2.75, 3.05) is 30.3 Å². The molecule has 3 heteroatoms. The molecule has 1 unspecified atom stereocenters.